The van der Waals surface area contributed by atoms with Crippen molar-refractivity contribution < 1.29 is 14.4 Å². The van der Waals surface area contributed by atoms with Crippen molar-refractivity contribution >= 4 is 45.8 Å². The second-order valence-corrected chi connectivity index (χ2v) is 6.16. The number of nitrogens with zero attached hydrogens (tertiary/aromatic N) is 1. The van der Waals surface area contributed by atoms with E-state index in [1.54, 1.807) is 36.4 Å². The SMILES string of the molecule is CC(=O)Nc1cc(NC(C)=O)cc(-c2nc3ccc(NC(C)=O)cc3[nH]2)c1. The molecule has 0 radical (unpaired) electrons. The van der Waals surface area contributed by atoms with Gasteiger partial charge in [0.05, 0.1) is 11.0 Å². The van der Waals surface area contributed by atoms with Crippen molar-refractivity contribution in [1.82, 2.24) is 9.97 Å². The molecule has 0 spiro atoms. The maximum Gasteiger partial charge on any atom is 0.221 e. The quantitative estimate of drug-likeness (QED) is 0.568. The topological polar surface area (TPSA) is 116 Å². The normalized spacial score (nSPS) is 10.5. The lowest BCUT2D eigenvalue weighted by molar-refractivity contribution is -0.115. The van der Waals surface area contributed by atoms with Gasteiger partial charge in [-0.25, -0.2) is 4.98 Å². The summed E-state index contributed by atoms with van der Waals surface area (Å²) in [7, 11) is 0. The van der Waals surface area contributed by atoms with Crippen molar-refractivity contribution in [2.24, 2.45) is 0 Å². The number of fused-ring (bicyclic) bond motifs is 1. The van der Waals surface area contributed by atoms with Crippen molar-refractivity contribution in [2.45, 2.75) is 20.8 Å². The van der Waals surface area contributed by atoms with Crippen LogP contribution in [0.15, 0.2) is 36.4 Å². The van der Waals surface area contributed by atoms with Crippen molar-refractivity contribution in [3.05, 3.63) is 36.4 Å². The van der Waals surface area contributed by atoms with Crippen LogP contribution in [-0.4, -0.2) is 27.7 Å². The highest BCUT2D eigenvalue weighted by atomic mass is 16.2. The maximum atomic E-state index is 11.4. The molecule has 0 aliphatic carbocycles. The van der Waals surface area contributed by atoms with E-state index < -0.39 is 0 Å². The fraction of sp³-hybridized carbons (Fsp3) is 0.158. The lowest BCUT2D eigenvalue weighted by atomic mass is 10.1. The first-order valence-corrected chi connectivity index (χ1v) is 8.28. The second-order valence-electron chi connectivity index (χ2n) is 6.16. The molecule has 3 rings (SSSR count). The molecule has 3 aromatic rings. The van der Waals surface area contributed by atoms with Gasteiger partial charge in [-0.3, -0.25) is 14.4 Å². The Hall–Kier alpha value is -3.68. The molecule has 0 aliphatic rings. The molecule has 0 saturated heterocycles. The Kier molecular flexibility index (Phi) is 4.89. The Labute approximate surface area is 155 Å². The molecular weight excluding hydrogens is 346 g/mol. The smallest absolute Gasteiger partial charge is 0.221 e. The molecule has 0 unspecified atom stereocenters. The Morgan fingerprint density at radius 2 is 1.33 bits per heavy atom. The van der Waals surface area contributed by atoms with Crippen molar-refractivity contribution in [3.63, 3.8) is 0 Å². The van der Waals surface area contributed by atoms with Crippen LogP contribution in [0.3, 0.4) is 0 Å². The second kappa shape index (κ2) is 7.28. The molecule has 0 fully saturated rings. The maximum absolute atomic E-state index is 11.4. The zero-order chi connectivity index (χ0) is 19.6. The predicted octanol–water partition coefficient (Wildman–Crippen LogP) is 3.11. The monoisotopic (exact) mass is 365 g/mol. The first-order valence-electron chi connectivity index (χ1n) is 8.28. The van der Waals surface area contributed by atoms with Gasteiger partial charge in [0, 0.05) is 43.4 Å². The van der Waals surface area contributed by atoms with E-state index in [2.05, 4.69) is 25.9 Å². The fourth-order valence-electron chi connectivity index (χ4n) is 2.74. The number of rotatable bonds is 4. The summed E-state index contributed by atoms with van der Waals surface area (Å²) in [6.45, 7) is 4.27. The molecule has 138 valence electrons. The number of imidazole rings is 1. The van der Waals surface area contributed by atoms with E-state index >= 15 is 0 Å². The number of amides is 3. The summed E-state index contributed by atoms with van der Waals surface area (Å²) in [4.78, 5) is 41.8. The van der Waals surface area contributed by atoms with Gasteiger partial charge in [-0.2, -0.15) is 0 Å². The number of anilines is 3. The van der Waals surface area contributed by atoms with Crippen LogP contribution in [0.2, 0.25) is 0 Å². The van der Waals surface area contributed by atoms with Gasteiger partial charge >= 0.3 is 0 Å². The number of benzene rings is 2. The largest absolute Gasteiger partial charge is 0.338 e. The molecule has 8 heteroatoms. The van der Waals surface area contributed by atoms with E-state index in [0.717, 1.165) is 11.0 Å². The first kappa shape index (κ1) is 18.1. The van der Waals surface area contributed by atoms with E-state index in [1.165, 1.54) is 20.8 Å². The lowest BCUT2D eigenvalue weighted by Crippen LogP contribution is -2.09. The molecule has 0 atom stereocenters. The number of H-pyrrole nitrogens is 1. The summed E-state index contributed by atoms with van der Waals surface area (Å²) in [6.07, 6.45) is 0. The first-order chi connectivity index (χ1) is 12.8. The number of aromatic amines is 1. The van der Waals surface area contributed by atoms with E-state index in [1.807, 2.05) is 0 Å². The summed E-state index contributed by atoms with van der Waals surface area (Å²) >= 11 is 0. The van der Waals surface area contributed by atoms with Crippen molar-refractivity contribution in [1.29, 1.82) is 0 Å². The predicted molar refractivity (Wildman–Crippen MR) is 104 cm³/mol. The average Bonchev–Trinajstić information content (AvgIpc) is 2.96. The highest BCUT2D eigenvalue weighted by molar-refractivity contribution is 5.95. The number of carbonyl (C=O) groups excluding carboxylic acids is 3. The Balaban J connectivity index is 2.04. The van der Waals surface area contributed by atoms with E-state index in [4.69, 9.17) is 0 Å². The number of aromatic nitrogens is 2. The van der Waals surface area contributed by atoms with Gasteiger partial charge < -0.3 is 20.9 Å². The van der Waals surface area contributed by atoms with Gasteiger partial charge in [-0.05, 0) is 36.4 Å². The van der Waals surface area contributed by atoms with Crippen LogP contribution in [0.5, 0.6) is 0 Å². The summed E-state index contributed by atoms with van der Waals surface area (Å²) in [5.74, 6) is -0.0169. The van der Waals surface area contributed by atoms with Crippen molar-refractivity contribution in [3.8, 4) is 11.4 Å². The third kappa shape index (κ3) is 4.49. The highest BCUT2D eigenvalue weighted by Crippen LogP contribution is 2.28. The summed E-state index contributed by atoms with van der Waals surface area (Å²) < 4.78 is 0. The van der Waals surface area contributed by atoms with Gasteiger partial charge in [-0.15, -0.1) is 0 Å². The van der Waals surface area contributed by atoms with Crippen LogP contribution in [0.1, 0.15) is 20.8 Å². The van der Waals surface area contributed by atoms with Gasteiger partial charge in [-0.1, -0.05) is 0 Å². The molecule has 0 bridgehead atoms. The molecule has 1 aromatic heterocycles. The van der Waals surface area contributed by atoms with Gasteiger partial charge in [0.15, 0.2) is 0 Å². The van der Waals surface area contributed by atoms with Crippen LogP contribution < -0.4 is 16.0 Å². The van der Waals surface area contributed by atoms with Crippen LogP contribution in [0.25, 0.3) is 22.4 Å². The van der Waals surface area contributed by atoms with Crippen LogP contribution in [0, 0.1) is 0 Å². The number of nitrogens with one attached hydrogen (secondary N) is 4. The minimum atomic E-state index is -0.217. The van der Waals surface area contributed by atoms with Crippen LogP contribution in [0.4, 0.5) is 17.1 Å². The summed E-state index contributed by atoms with van der Waals surface area (Å²) in [5, 5.41) is 8.15. The van der Waals surface area contributed by atoms with Gasteiger partial charge in [0.1, 0.15) is 5.82 Å². The number of hydrogen-bond donors (Lipinski definition) is 4. The molecule has 1 heterocycles. The average molecular weight is 365 g/mol. The Morgan fingerprint density at radius 3 is 1.89 bits per heavy atom. The van der Waals surface area contributed by atoms with E-state index in [0.29, 0.717) is 28.5 Å². The molecule has 2 aromatic carbocycles. The lowest BCUT2D eigenvalue weighted by Gasteiger charge is -2.09. The van der Waals surface area contributed by atoms with Crippen molar-refractivity contribution in [2.75, 3.05) is 16.0 Å². The minimum Gasteiger partial charge on any atom is -0.338 e. The molecule has 8 nitrogen and oxygen atoms in total. The minimum absolute atomic E-state index is 0.156. The molecule has 0 saturated carbocycles. The number of hydrogen-bond acceptors (Lipinski definition) is 4. The molecular formula is C19H19N5O3. The molecule has 3 amide bonds. The molecule has 0 aliphatic heterocycles. The Morgan fingerprint density at radius 1 is 0.778 bits per heavy atom. The Bertz CT molecular complexity index is 1020. The summed E-state index contributed by atoms with van der Waals surface area (Å²) in [6, 6.07) is 10.6. The molecule has 27 heavy (non-hydrogen) atoms. The fourth-order valence-corrected chi connectivity index (χ4v) is 2.74. The van der Waals surface area contributed by atoms with Crippen LogP contribution in [-0.2, 0) is 14.4 Å². The number of carbonyl (C=O) groups is 3. The zero-order valence-corrected chi connectivity index (χ0v) is 15.1. The van der Waals surface area contributed by atoms with E-state index in [9.17, 15) is 14.4 Å². The third-order valence-electron chi connectivity index (χ3n) is 3.65. The van der Waals surface area contributed by atoms with Gasteiger partial charge in [0.25, 0.3) is 0 Å². The summed E-state index contributed by atoms with van der Waals surface area (Å²) in [5.41, 5.74) is 3.93. The van der Waals surface area contributed by atoms with Crippen LogP contribution >= 0.6 is 0 Å². The van der Waals surface area contributed by atoms with E-state index in [-0.39, 0.29) is 17.7 Å². The van der Waals surface area contributed by atoms with Gasteiger partial charge in [0.2, 0.25) is 17.7 Å². The zero-order valence-electron chi connectivity index (χ0n) is 15.1. The third-order valence-corrected chi connectivity index (χ3v) is 3.65. The standard InChI is InChI=1S/C19H19N5O3/c1-10(25)20-14-4-5-17-18(9-14)24-19(23-17)13-6-15(21-11(2)26)8-16(7-13)22-12(3)27/h4-9H,1-3H3,(H,20,25)(H,21,26)(H,22,27)(H,23,24). The molecule has 4 N–H and O–H groups in total. The highest BCUT2D eigenvalue weighted by Gasteiger charge is 2.10.